The third-order valence-corrected chi connectivity index (χ3v) is 4.50. The number of epoxide rings is 1. The minimum Gasteiger partial charge on any atom is -0.396 e. The van der Waals surface area contributed by atoms with Gasteiger partial charge in [-0.2, -0.15) is 0 Å². The van der Waals surface area contributed by atoms with Crippen molar-refractivity contribution < 1.29 is 9.84 Å². The second kappa shape index (κ2) is 2.48. The van der Waals surface area contributed by atoms with Crippen LogP contribution in [-0.4, -0.2) is 22.9 Å². The Morgan fingerprint density at radius 1 is 1.15 bits per heavy atom. The number of aliphatic hydroxyl groups excluding tert-OH is 1. The zero-order valence-electron chi connectivity index (χ0n) is 8.09. The Morgan fingerprint density at radius 3 is 2.77 bits per heavy atom. The van der Waals surface area contributed by atoms with Gasteiger partial charge in [0, 0.05) is 12.5 Å². The molecule has 0 bridgehead atoms. The molecule has 0 spiro atoms. The van der Waals surface area contributed by atoms with Gasteiger partial charge in [-0.1, -0.05) is 12.8 Å². The topological polar surface area (TPSA) is 32.8 Å². The van der Waals surface area contributed by atoms with Crippen LogP contribution >= 0.6 is 0 Å². The van der Waals surface area contributed by atoms with Crippen LogP contribution in [0.1, 0.15) is 44.9 Å². The van der Waals surface area contributed by atoms with Gasteiger partial charge in [-0.25, -0.2) is 0 Å². The van der Waals surface area contributed by atoms with Gasteiger partial charge < -0.3 is 9.84 Å². The Kier molecular flexibility index (Phi) is 1.58. The van der Waals surface area contributed by atoms with Gasteiger partial charge in [-0.3, -0.25) is 0 Å². The van der Waals surface area contributed by atoms with E-state index in [0.29, 0.717) is 12.5 Å². The lowest BCUT2D eigenvalue weighted by molar-refractivity contribution is 0.112. The van der Waals surface area contributed by atoms with E-state index in [9.17, 15) is 5.11 Å². The maximum absolute atomic E-state index is 9.34. The fourth-order valence-corrected chi connectivity index (χ4v) is 3.82. The highest BCUT2D eigenvalue weighted by atomic mass is 16.6. The molecular formula is C11H18O2. The molecule has 1 N–H and O–H groups in total. The average Bonchev–Trinajstić information content (AvgIpc) is 2.86. The number of hydrogen-bond donors (Lipinski definition) is 1. The molecule has 0 unspecified atom stereocenters. The first-order valence-corrected chi connectivity index (χ1v) is 5.64. The number of aliphatic hydroxyl groups is 1. The fourth-order valence-electron chi connectivity index (χ4n) is 3.82. The highest BCUT2D eigenvalue weighted by Crippen LogP contribution is 2.66. The number of rotatable bonds is 1. The lowest BCUT2D eigenvalue weighted by Crippen LogP contribution is -2.41. The Hall–Kier alpha value is -0.0800. The zero-order valence-corrected chi connectivity index (χ0v) is 8.09. The van der Waals surface area contributed by atoms with E-state index in [1.54, 1.807) is 0 Å². The Bertz CT molecular complexity index is 224. The number of hydrogen-bond acceptors (Lipinski definition) is 2. The molecule has 74 valence electrons. The Labute approximate surface area is 79.3 Å². The van der Waals surface area contributed by atoms with E-state index in [2.05, 4.69) is 0 Å². The highest BCUT2D eigenvalue weighted by Gasteiger charge is 2.73. The molecular weight excluding hydrogens is 164 g/mol. The average molecular weight is 182 g/mol. The summed E-state index contributed by atoms with van der Waals surface area (Å²) >= 11 is 0. The van der Waals surface area contributed by atoms with Crippen LogP contribution in [0.25, 0.3) is 0 Å². The molecule has 1 aliphatic heterocycles. The van der Waals surface area contributed by atoms with Crippen molar-refractivity contribution >= 4 is 0 Å². The summed E-state index contributed by atoms with van der Waals surface area (Å²) in [5, 5.41) is 9.34. The van der Waals surface area contributed by atoms with Crippen LogP contribution in [-0.2, 0) is 4.74 Å². The third kappa shape index (κ3) is 0.861. The van der Waals surface area contributed by atoms with Crippen molar-refractivity contribution in [3.05, 3.63) is 0 Å². The summed E-state index contributed by atoms with van der Waals surface area (Å²) in [4.78, 5) is 0. The van der Waals surface area contributed by atoms with Crippen molar-refractivity contribution in [1.82, 2.24) is 0 Å². The molecule has 13 heavy (non-hydrogen) atoms. The molecule has 0 aromatic carbocycles. The highest BCUT2D eigenvalue weighted by molar-refractivity contribution is 5.22. The van der Waals surface area contributed by atoms with E-state index >= 15 is 0 Å². The van der Waals surface area contributed by atoms with Crippen LogP contribution in [0.5, 0.6) is 0 Å². The van der Waals surface area contributed by atoms with Crippen LogP contribution in [0, 0.1) is 5.92 Å². The maximum atomic E-state index is 9.34. The first-order valence-electron chi connectivity index (χ1n) is 5.64. The monoisotopic (exact) mass is 182 g/mol. The normalized spacial score (nSPS) is 53.8. The van der Waals surface area contributed by atoms with Gasteiger partial charge in [0.05, 0.1) is 5.60 Å². The quantitative estimate of drug-likeness (QED) is 0.628. The van der Waals surface area contributed by atoms with Crippen molar-refractivity contribution in [2.75, 3.05) is 6.61 Å². The first-order chi connectivity index (χ1) is 6.33. The van der Waals surface area contributed by atoms with Gasteiger partial charge in [0.15, 0.2) is 0 Å². The summed E-state index contributed by atoms with van der Waals surface area (Å²) in [7, 11) is 0. The molecule has 0 radical (unpaired) electrons. The molecule has 2 saturated carbocycles. The molecule has 3 fully saturated rings. The van der Waals surface area contributed by atoms with Crippen LogP contribution in [0.15, 0.2) is 0 Å². The molecule has 1 heterocycles. The van der Waals surface area contributed by atoms with Crippen molar-refractivity contribution in [2.24, 2.45) is 5.92 Å². The molecule has 2 aliphatic carbocycles. The maximum Gasteiger partial charge on any atom is 0.103 e. The van der Waals surface area contributed by atoms with Gasteiger partial charge >= 0.3 is 0 Å². The van der Waals surface area contributed by atoms with Gasteiger partial charge in [0.25, 0.3) is 0 Å². The first kappa shape index (κ1) is 8.25. The van der Waals surface area contributed by atoms with Crippen LogP contribution in [0.4, 0.5) is 0 Å². The van der Waals surface area contributed by atoms with Gasteiger partial charge in [-0.15, -0.1) is 0 Å². The fraction of sp³-hybridized carbons (Fsp3) is 1.00. The van der Waals surface area contributed by atoms with Crippen LogP contribution in [0.3, 0.4) is 0 Å². The lowest BCUT2D eigenvalue weighted by Gasteiger charge is -2.34. The Morgan fingerprint density at radius 2 is 1.92 bits per heavy atom. The van der Waals surface area contributed by atoms with E-state index in [1.165, 1.54) is 44.9 Å². The van der Waals surface area contributed by atoms with Crippen molar-refractivity contribution in [3.8, 4) is 0 Å². The molecule has 1 saturated heterocycles. The molecule has 3 atom stereocenters. The van der Waals surface area contributed by atoms with E-state index in [1.807, 2.05) is 0 Å². The minimum absolute atomic E-state index is 0.137. The summed E-state index contributed by atoms with van der Waals surface area (Å²) in [6, 6.07) is 0. The summed E-state index contributed by atoms with van der Waals surface area (Å²) in [5.41, 5.74) is 0.370. The second-order valence-electron chi connectivity index (χ2n) is 4.96. The summed E-state index contributed by atoms with van der Waals surface area (Å²) < 4.78 is 6.06. The van der Waals surface area contributed by atoms with E-state index in [-0.39, 0.29) is 11.2 Å². The minimum atomic E-state index is 0.137. The van der Waals surface area contributed by atoms with Crippen LogP contribution < -0.4 is 0 Å². The molecule has 0 aromatic heterocycles. The lowest BCUT2D eigenvalue weighted by atomic mass is 9.66. The summed E-state index contributed by atoms with van der Waals surface area (Å²) in [6.07, 6.45) is 8.79. The van der Waals surface area contributed by atoms with Crippen molar-refractivity contribution in [1.29, 1.82) is 0 Å². The molecule has 3 aliphatic rings. The second-order valence-corrected chi connectivity index (χ2v) is 4.96. The molecule has 3 rings (SSSR count). The predicted molar refractivity (Wildman–Crippen MR) is 49.4 cm³/mol. The molecule has 2 nitrogen and oxygen atoms in total. The van der Waals surface area contributed by atoms with Gasteiger partial charge in [0.2, 0.25) is 0 Å². The smallest absolute Gasteiger partial charge is 0.103 e. The number of ether oxygens (including phenoxy) is 1. The van der Waals surface area contributed by atoms with Crippen molar-refractivity contribution in [3.63, 3.8) is 0 Å². The van der Waals surface area contributed by atoms with E-state index in [4.69, 9.17) is 4.74 Å². The van der Waals surface area contributed by atoms with Crippen LogP contribution in [0.2, 0.25) is 0 Å². The third-order valence-electron chi connectivity index (χ3n) is 4.50. The van der Waals surface area contributed by atoms with Gasteiger partial charge in [-0.05, 0) is 32.1 Å². The van der Waals surface area contributed by atoms with E-state index < -0.39 is 0 Å². The van der Waals surface area contributed by atoms with E-state index in [0.717, 1.165) is 0 Å². The molecule has 2 heteroatoms. The predicted octanol–water partition coefficient (Wildman–Crippen LogP) is 1.86. The largest absolute Gasteiger partial charge is 0.396 e. The molecule has 0 aromatic rings. The van der Waals surface area contributed by atoms with Crippen molar-refractivity contribution in [2.45, 2.75) is 56.1 Å². The standard InChI is InChI=1S/C11H18O2/c12-8-9-4-3-6-10-5-1-2-7-11(9,10)13-10/h9,12H,1-8H2/t9-,10-,11+/m1/s1. The summed E-state index contributed by atoms with van der Waals surface area (Å²) in [6.45, 7) is 0.335. The summed E-state index contributed by atoms with van der Waals surface area (Å²) in [5.74, 6) is 0.446. The van der Waals surface area contributed by atoms with Gasteiger partial charge in [0.1, 0.15) is 5.60 Å². The SMILES string of the molecule is OC[C@H]1CCC[C@]23CCCC[C@]12O3. The zero-order chi connectivity index (χ0) is 8.94. The molecule has 0 amide bonds. The Balaban J connectivity index is 1.89.